The molecule has 2 atom stereocenters. The molecular weight excluding hydrogens is 406 g/mol. The van der Waals surface area contributed by atoms with Gasteiger partial charge in [0.25, 0.3) is 0 Å². The van der Waals surface area contributed by atoms with Gasteiger partial charge in [0.1, 0.15) is 0 Å². The zero-order chi connectivity index (χ0) is 23.3. The zero-order valence-electron chi connectivity index (χ0n) is 19.1. The van der Waals surface area contributed by atoms with Gasteiger partial charge in [0.05, 0.1) is 6.54 Å². The first-order valence-corrected chi connectivity index (χ1v) is 11.1. The molecule has 7 heteroatoms. The van der Waals surface area contributed by atoms with Crippen LogP contribution in [0.25, 0.3) is 0 Å². The molecule has 0 aromatic heterocycles. The highest BCUT2D eigenvalue weighted by Gasteiger charge is 2.48. The molecule has 0 radical (unpaired) electrons. The van der Waals surface area contributed by atoms with Gasteiger partial charge in [-0.2, -0.15) is 0 Å². The number of anilines is 1. The van der Waals surface area contributed by atoms with Crippen LogP contribution in [0.1, 0.15) is 44.9 Å². The standard InChI is InChI=1S/C25H31N3O4/c1-5-27(6-2)24(30)21-22(19-13-10-14-20(15-19)26-23(29)17(3)4)32-25(31)28(21)16-18-11-8-7-9-12-18/h7-15,17,21-22H,5-6,16H2,1-4H3,(H,26,29). The summed E-state index contributed by atoms with van der Waals surface area (Å²) in [6.07, 6.45) is -1.30. The molecule has 0 saturated carbocycles. The summed E-state index contributed by atoms with van der Waals surface area (Å²) < 4.78 is 5.74. The van der Waals surface area contributed by atoms with Crippen LogP contribution in [0.3, 0.4) is 0 Å². The first kappa shape index (κ1) is 23.3. The monoisotopic (exact) mass is 437 g/mol. The predicted octanol–water partition coefficient (Wildman–Crippen LogP) is 4.21. The summed E-state index contributed by atoms with van der Waals surface area (Å²) in [6, 6.07) is 15.9. The number of nitrogens with zero attached hydrogens (tertiary/aromatic N) is 2. The molecule has 1 heterocycles. The molecule has 1 fully saturated rings. The van der Waals surface area contributed by atoms with Crippen molar-refractivity contribution < 1.29 is 19.1 Å². The number of carbonyl (C=O) groups is 3. The lowest BCUT2D eigenvalue weighted by atomic mass is 9.99. The molecule has 0 spiro atoms. The second-order valence-electron chi connectivity index (χ2n) is 8.14. The van der Waals surface area contributed by atoms with Gasteiger partial charge in [-0.05, 0) is 37.1 Å². The summed E-state index contributed by atoms with van der Waals surface area (Å²) in [5.74, 6) is -0.424. The largest absolute Gasteiger partial charge is 0.438 e. The maximum Gasteiger partial charge on any atom is 0.411 e. The van der Waals surface area contributed by atoms with Crippen LogP contribution >= 0.6 is 0 Å². The Morgan fingerprint density at radius 2 is 1.75 bits per heavy atom. The minimum atomic E-state index is -0.793. The molecule has 2 unspecified atom stereocenters. The van der Waals surface area contributed by atoms with E-state index in [1.165, 1.54) is 4.90 Å². The van der Waals surface area contributed by atoms with Crippen LogP contribution in [0.2, 0.25) is 0 Å². The first-order chi connectivity index (χ1) is 15.3. The van der Waals surface area contributed by atoms with Crippen LogP contribution in [-0.2, 0) is 20.9 Å². The van der Waals surface area contributed by atoms with E-state index in [4.69, 9.17) is 4.74 Å². The van der Waals surface area contributed by atoms with Gasteiger partial charge in [-0.25, -0.2) is 4.79 Å². The lowest BCUT2D eigenvalue weighted by molar-refractivity contribution is -0.136. The number of carbonyl (C=O) groups excluding carboxylic acids is 3. The summed E-state index contributed by atoms with van der Waals surface area (Å²) >= 11 is 0. The minimum Gasteiger partial charge on any atom is -0.438 e. The number of hydrogen-bond donors (Lipinski definition) is 1. The molecule has 2 aromatic rings. The Kier molecular flexibility index (Phi) is 7.51. The fraction of sp³-hybridized carbons (Fsp3) is 0.400. The predicted molar refractivity (Wildman–Crippen MR) is 123 cm³/mol. The molecule has 32 heavy (non-hydrogen) atoms. The van der Waals surface area contributed by atoms with Gasteiger partial charge in [-0.1, -0.05) is 56.3 Å². The van der Waals surface area contributed by atoms with Crippen LogP contribution in [0.5, 0.6) is 0 Å². The lowest BCUT2D eigenvalue weighted by Crippen LogP contribution is -2.48. The molecule has 0 bridgehead atoms. The third-order valence-corrected chi connectivity index (χ3v) is 5.62. The van der Waals surface area contributed by atoms with E-state index in [0.29, 0.717) is 24.3 Å². The van der Waals surface area contributed by atoms with Crippen molar-refractivity contribution in [1.29, 1.82) is 0 Å². The molecule has 1 saturated heterocycles. The number of nitrogens with one attached hydrogen (secondary N) is 1. The summed E-state index contributed by atoms with van der Waals surface area (Å²) in [5, 5.41) is 2.87. The van der Waals surface area contributed by atoms with Crippen LogP contribution < -0.4 is 5.32 Å². The fourth-order valence-corrected chi connectivity index (χ4v) is 3.78. The molecule has 3 amide bonds. The van der Waals surface area contributed by atoms with Crippen LogP contribution in [0.15, 0.2) is 54.6 Å². The smallest absolute Gasteiger partial charge is 0.411 e. The normalized spacial score (nSPS) is 17.9. The van der Waals surface area contributed by atoms with E-state index in [0.717, 1.165) is 5.56 Å². The molecule has 1 N–H and O–H groups in total. The Balaban J connectivity index is 1.95. The molecule has 0 aliphatic carbocycles. The summed E-state index contributed by atoms with van der Waals surface area (Å²) in [7, 11) is 0. The average molecular weight is 438 g/mol. The van der Waals surface area contributed by atoms with Gasteiger partial charge in [0, 0.05) is 24.7 Å². The maximum absolute atomic E-state index is 13.5. The Labute approximate surface area is 189 Å². The third-order valence-electron chi connectivity index (χ3n) is 5.62. The van der Waals surface area contributed by atoms with E-state index in [9.17, 15) is 14.4 Å². The highest BCUT2D eigenvalue weighted by atomic mass is 16.6. The topological polar surface area (TPSA) is 79.0 Å². The molecule has 1 aliphatic rings. The Bertz CT molecular complexity index is 957. The summed E-state index contributed by atoms with van der Waals surface area (Å²) in [5.41, 5.74) is 2.19. The van der Waals surface area contributed by atoms with Crippen molar-refractivity contribution in [3.8, 4) is 0 Å². The van der Waals surface area contributed by atoms with E-state index in [1.54, 1.807) is 23.1 Å². The lowest BCUT2D eigenvalue weighted by Gasteiger charge is -2.29. The number of benzene rings is 2. The van der Waals surface area contributed by atoms with Gasteiger partial charge < -0.3 is 15.0 Å². The Hall–Kier alpha value is -3.35. The van der Waals surface area contributed by atoms with Gasteiger partial charge >= 0.3 is 6.09 Å². The maximum atomic E-state index is 13.5. The van der Waals surface area contributed by atoms with Gasteiger partial charge in [-0.3, -0.25) is 14.5 Å². The number of ether oxygens (including phenoxy) is 1. The van der Waals surface area contributed by atoms with Crippen LogP contribution in [-0.4, -0.2) is 46.8 Å². The van der Waals surface area contributed by atoms with Gasteiger partial charge in [0.2, 0.25) is 11.8 Å². The van der Waals surface area contributed by atoms with Crippen molar-refractivity contribution in [1.82, 2.24) is 9.80 Å². The average Bonchev–Trinajstić information content (AvgIpc) is 3.11. The Morgan fingerprint density at radius 1 is 1.06 bits per heavy atom. The third kappa shape index (κ3) is 5.10. The number of cyclic esters (lactones) is 1. The van der Waals surface area contributed by atoms with Crippen molar-refractivity contribution in [3.63, 3.8) is 0 Å². The van der Waals surface area contributed by atoms with E-state index >= 15 is 0 Å². The van der Waals surface area contributed by atoms with Crippen molar-refractivity contribution in [2.45, 2.75) is 46.4 Å². The molecule has 170 valence electrons. The van der Waals surface area contributed by atoms with Crippen molar-refractivity contribution in [2.24, 2.45) is 5.92 Å². The zero-order valence-corrected chi connectivity index (χ0v) is 19.1. The second kappa shape index (κ2) is 10.3. The quantitative estimate of drug-likeness (QED) is 0.671. The van der Waals surface area contributed by atoms with E-state index in [1.807, 2.05) is 64.1 Å². The fourth-order valence-electron chi connectivity index (χ4n) is 3.78. The first-order valence-electron chi connectivity index (χ1n) is 11.1. The number of amides is 3. The van der Waals surface area contributed by atoms with E-state index < -0.39 is 18.2 Å². The number of hydrogen-bond acceptors (Lipinski definition) is 4. The Morgan fingerprint density at radius 3 is 2.38 bits per heavy atom. The highest BCUT2D eigenvalue weighted by molar-refractivity contribution is 5.92. The minimum absolute atomic E-state index is 0.105. The van der Waals surface area contributed by atoms with Crippen LogP contribution in [0.4, 0.5) is 10.5 Å². The van der Waals surface area contributed by atoms with E-state index in [2.05, 4.69) is 5.32 Å². The summed E-state index contributed by atoms with van der Waals surface area (Å²) in [4.78, 5) is 41.7. The van der Waals surface area contributed by atoms with Crippen LogP contribution in [0, 0.1) is 5.92 Å². The number of likely N-dealkylation sites (N-methyl/N-ethyl adjacent to an activating group) is 1. The SMILES string of the molecule is CCN(CC)C(=O)C1C(c2cccc(NC(=O)C(C)C)c2)OC(=O)N1Cc1ccccc1. The molecule has 1 aliphatic heterocycles. The van der Waals surface area contributed by atoms with Crippen molar-refractivity contribution in [2.75, 3.05) is 18.4 Å². The van der Waals surface area contributed by atoms with Crippen molar-refractivity contribution >= 4 is 23.6 Å². The molecule has 3 rings (SSSR count). The molecule has 7 nitrogen and oxygen atoms in total. The molecule has 2 aromatic carbocycles. The van der Waals surface area contributed by atoms with E-state index in [-0.39, 0.29) is 24.3 Å². The number of rotatable bonds is 8. The van der Waals surface area contributed by atoms with Gasteiger partial charge in [0.15, 0.2) is 12.1 Å². The second-order valence-corrected chi connectivity index (χ2v) is 8.14. The summed E-state index contributed by atoms with van der Waals surface area (Å²) in [6.45, 7) is 8.82. The molecular formula is C25H31N3O4. The van der Waals surface area contributed by atoms with Crippen molar-refractivity contribution in [3.05, 3.63) is 65.7 Å². The highest BCUT2D eigenvalue weighted by Crippen LogP contribution is 2.36. The van der Waals surface area contributed by atoms with Gasteiger partial charge in [-0.15, -0.1) is 0 Å².